The maximum atomic E-state index is 13.0. The van der Waals surface area contributed by atoms with E-state index in [1.807, 2.05) is 0 Å². The van der Waals surface area contributed by atoms with E-state index in [1.165, 1.54) is 17.9 Å². The molecule has 0 unspecified atom stereocenters. The number of nitrogens with one attached hydrogen (secondary N) is 1. The van der Waals surface area contributed by atoms with Crippen molar-refractivity contribution >= 4 is 18.9 Å². The van der Waals surface area contributed by atoms with Crippen LogP contribution in [0.4, 0.5) is 4.39 Å². The van der Waals surface area contributed by atoms with Gasteiger partial charge in [0.15, 0.2) is 0 Å². The molecule has 2 rings (SSSR count). The van der Waals surface area contributed by atoms with Gasteiger partial charge in [-0.05, 0) is 25.8 Å². The van der Waals surface area contributed by atoms with Crippen molar-refractivity contribution < 1.29 is 24.0 Å². The van der Waals surface area contributed by atoms with Crippen LogP contribution in [-0.2, 0) is 4.79 Å². The van der Waals surface area contributed by atoms with Crippen LogP contribution in [0.5, 0.6) is 0 Å². The topological polar surface area (TPSA) is 103 Å². The molecular formula is C13H17BFN3O4. The minimum atomic E-state index is -1.61. The summed E-state index contributed by atoms with van der Waals surface area (Å²) in [6.45, 7) is 1.90. The predicted octanol–water partition coefficient (Wildman–Crippen LogP) is -0.658. The van der Waals surface area contributed by atoms with Gasteiger partial charge in [0.2, 0.25) is 11.9 Å². The number of hydrogen-bond donors (Lipinski definition) is 3. The van der Waals surface area contributed by atoms with Gasteiger partial charge in [-0.25, -0.2) is 4.98 Å². The van der Waals surface area contributed by atoms with Crippen LogP contribution in [0.15, 0.2) is 18.3 Å². The first-order chi connectivity index (χ1) is 10.4. The van der Waals surface area contributed by atoms with Crippen LogP contribution in [0.2, 0.25) is 0 Å². The minimum absolute atomic E-state index is 0.0623. The highest BCUT2D eigenvalue weighted by Gasteiger charge is 2.38. The van der Waals surface area contributed by atoms with Crippen molar-refractivity contribution in [3.63, 3.8) is 0 Å². The van der Waals surface area contributed by atoms with Gasteiger partial charge in [0.05, 0.1) is 5.94 Å². The Labute approximate surface area is 127 Å². The first kappa shape index (κ1) is 16.4. The van der Waals surface area contributed by atoms with Gasteiger partial charge in [-0.1, -0.05) is 0 Å². The molecule has 1 aromatic heterocycles. The van der Waals surface area contributed by atoms with E-state index in [0.717, 1.165) is 12.3 Å². The molecule has 3 N–H and O–H groups in total. The number of amides is 2. The molecule has 9 heteroatoms. The number of halogens is 1. The van der Waals surface area contributed by atoms with Gasteiger partial charge >= 0.3 is 7.12 Å². The van der Waals surface area contributed by atoms with Gasteiger partial charge < -0.3 is 20.3 Å². The monoisotopic (exact) mass is 308 g/mol. The molecule has 2 atom stereocenters. The van der Waals surface area contributed by atoms with Crippen molar-refractivity contribution in [1.29, 1.82) is 0 Å². The number of rotatable bonds is 4. The van der Waals surface area contributed by atoms with Crippen molar-refractivity contribution in [3.05, 3.63) is 29.8 Å². The number of carbonyl (C=O) groups excluding carboxylic acids is 2. The molecular weight excluding hydrogens is 291 g/mol. The number of aromatic nitrogens is 1. The average molecular weight is 308 g/mol. The summed E-state index contributed by atoms with van der Waals surface area (Å²) in [7, 11) is -1.61. The van der Waals surface area contributed by atoms with E-state index < -0.39 is 36.9 Å². The molecule has 2 amide bonds. The lowest BCUT2D eigenvalue weighted by Gasteiger charge is -2.27. The summed E-state index contributed by atoms with van der Waals surface area (Å²) in [5.74, 6) is -2.44. The average Bonchev–Trinajstić information content (AvgIpc) is 2.95. The zero-order valence-corrected chi connectivity index (χ0v) is 12.1. The predicted molar refractivity (Wildman–Crippen MR) is 76.0 cm³/mol. The standard InChI is InChI=1S/C13H17BFN3O4/c1-8(13(20)18-6-2-3-10(18)14(21)22)17-12(19)9-4-5-16-11(15)7-9/h4-5,7-8,10,21-22H,2-3,6H2,1H3,(H,17,19)/t8-,10+/m1/s1/i15-1. The Kier molecular flexibility index (Phi) is 5.09. The third-order valence-corrected chi connectivity index (χ3v) is 3.63. The van der Waals surface area contributed by atoms with Gasteiger partial charge in [-0.2, -0.15) is 4.39 Å². The highest BCUT2D eigenvalue weighted by molar-refractivity contribution is 6.43. The second-order valence-electron chi connectivity index (χ2n) is 5.22. The number of carbonyl (C=O) groups is 2. The summed E-state index contributed by atoms with van der Waals surface area (Å²) < 4.78 is 13.0. The summed E-state index contributed by atoms with van der Waals surface area (Å²) in [5, 5.41) is 21.0. The van der Waals surface area contributed by atoms with E-state index in [4.69, 9.17) is 0 Å². The molecule has 22 heavy (non-hydrogen) atoms. The van der Waals surface area contributed by atoms with Crippen molar-refractivity contribution in [1.82, 2.24) is 15.2 Å². The van der Waals surface area contributed by atoms with Crippen LogP contribution in [0.3, 0.4) is 0 Å². The van der Waals surface area contributed by atoms with Crippen molar-refractivity contribution in [2.24, 2.45) is 0 Å². The summed E-state index contributed by atoms with van der Waals surface area (Å²) in [6.07, 6.45) is 2.33. The van der Waals surface area contributed by atoms with Gasteiger partial charge in [-0.3, -0.25) is 9.59 Å². The summed E-state index contributed by atoms with van der Waals surface area (Å²) >= 11 is 0. The molecule has 118 valence electrons. The van der Waals surface area contributed by atoms with Crippen LogP contribution >= 0.6 is 0 Å². The van der Waals surface area contributed by atoms with Gasteiger partial charge in [0, 0.05) is 24.4 Å². The summed E-state index contributed by atoms with van der Waals surface area (Å²) in [5.41, 5.74) is 0.0623. The van der Waals surface area contributed by atoms with Crippen LogP contribution in [-0.4, -0.2) is 57.4 Å². The lowest BCUT2D eigenvalue weighted by Crippen LogP contribution is -2.52. The third kappa shape index (κ3) is 3.60. The smallest absolute Gasteiger partial charge is 0.426 e. The van der Waals surface area contributed by atoms with E-state index in [-0.39, 0.29) is 5.56 Å². The lowest BCUT2D eigenvalue weighted by atomic mass is 9.78. The Morgan fingerprint density at radius 3 is 2.91 bits per heavy atom. The largest absolute Gasteiger partial charge is 0.475 e. The highest BCUT2D eigenvalue weighted by atomic mass is 18.2. The fourth-order valence-electron chi connectivity index (χ4n) is 2.51. The van der Waals surface area contributed by atoms with E-state index in [9.17, 15) is 24.0 Å². The molecule has 1 fully saturated rings. The van der Waals surface area contributed by atoms with Crippen LogP contribution in [0.25, 0.3) is 0 Å². The zero-order valence-electron chi connectivity index (χ0n) is 12.1. The molecule has 2 heterocycles. The minimum Gasteiger partial charge on any atom is -0.426 e. The normalized spacial score (nSPS) is 18.9. The molecule has 1 saturated heterocycles. The maximum absolute atomic E-state index is 13.0. The quantitative estimate of drug-likeness (QED) is 0.506. The molecule has 1 aromatic rings. The molecule has 0 spiro atoms. The fraction of sp³-hybridized carbons (Fsp3) is 0.462. The summed E-state index contributed by atoms with van der Waals surface area (Å²) in [6, 6.07) is 1.46. The molecule has 0 saturated carbocycles. The number of pyridine rings is 1. The highest BCUT2D eigenvalue weighted by Crippen LogP contribution is 2.19. The van der Waals surface area contributed by atoms with Crippen LogP contribution in [0.1, 0.15) is 30.1 Å². The van der Waals surface area contributed by atoms with Gasteiger partial charge in [0.25, 0.3) is 5.91 Å². The Balaban J connectivity index is 2.01. The van der Waals surface area contributed by atoms with Crippen molar-refractivity contribution in [3.8, 4) is 0 Å². The first-order valence-corrected chi connectivity index (χ1v) is 6.99. The second-order valence-corrected chi connectivity index (χ2v) is 5.22. The number of likely N-dealkylation sites (tertiary alicyclic amines) is 1. The van der Waals surface area contributed by atoms with Crippen LogP contribution < -0.4 is 5.32 Å². The van der Waals surface area contributed by atoms with Crippen LogP contribution in [0, 0.1) is 5.95 Å². The SMILES string of the molecule is C[C@@H](NC(=O)c1ccnc([18F])c1)C(=O)N1CCC[C@H]1B(O)O. The maximum Gasteiger partial charge on any atom is 0.475 e. The summed E-state index contributed by atoms with van der Waals surface area (Å²) in [4.78, 5) is 29.0. The Hall–Kier alpha value is -2.00. The molecule has 0 radical (unpaired) electrons. The van der Waals surface area contributed by atoms with E-state index in [1.54, 1.807) is 0 Å². The lowest BCUT2D eigenvalue weighted by molar-refractivity contribution is -0.132. The molecule has 1 aliphatic heterocycles. The van der Waals surface area contributed by atoms with Crippen molar-refractivity contribution in [2.45, 2.75) is 31.7 Å². The molecule has 0 aromatic carbocycles. The molecule has 1 aliphatic rings. The van der Waals surface area contributed by atoms with Gasteiger partial charge in [-0.15, -0.1) is 0 Å². The Bertz CT molecular complexity index is 572. The fourth-order valence-corrected chi connectivity index (χ4v) is 2.51. The van der Waals surface area contributed by atoms with E-state index in [2.05, 4.69) is 10.3 Å². The molecule has 0 bridgehead atoms. The van der Waals surface area contributed by atoms with E-state index in [0.29, 0.717) is 19.4 Å². The zero-order chi connectivity index (χ0) is 16.3. The molecule has 0 aliphatic carbocycles. The number of nitrogens with zero attached hydrogens (tertiary/aromatic N) is 2. The Morgan fingerprint density at radius 2 is 2.27 bits per heavy atom. The van der Waals surface area contributed by atoms with Crippen molar-refractivity contribution in [2.75, 3.05) is 6.54 Å². The van der Waals surface area contributed by atoms with Gasteiger partial charge in [0.1, 0.15) is 6.04 Å². The first-order valence-electron chi connectivity index (χ1n) is 6.99. The second kappa shape index (κ2) is 6.84. The third-order valence-electron chi connectivity index (χ3n) is 3.63. The van der Waals surface area contributed by atoms with E-state index >= 15 is 0 Å². The molecule has 7 nitrogen and oxygen atoms in total. The Morgan fingerprint density at radius 1 is 1.55 bits per heavy atom. The number of hydrogen-bond acceptors (Lipinski definition) is 5.